The number of Topliss-reactive ketones (excluding diaryl/α,β-unsaturated/α-hetero) is 1. The van der Waals surface area contributed by atoms with Gasteiger partial charge in [-0.3, -0.25) is 9.59 Å². The Bertz CT molecular complexity index is 1040. The summed E-state index contributed by atoms with van der Waals surface area (Å²) in [6.45, 7) is 1.17. The Labute approximate surface area is 158 Å². The van der Waals surface area contributed by atoms with Crippen molar-refractivity contribution in [2.24, 2.45) is 0 Å². The Morgan fingerprint density at radius 1 is 1.07 bits per heavy atom. The Balaban J connectivity index is 1.93. The lowest BCUT2D eigenvalue weighted by atomic mass is 10.1. The zero-order valence-corrected chi connectivity index (χ0v) is 15.1. The molecule has 0 bridgehead atoms. The third kappa shape index (κ3) is 3.71. The van der Waals surface area contributed by atoms with Gasteiger partial charge >= 0.3 is 6.18 Å². The summed E-state index contributed by atoms with van der Waals surface area (Å²) in [5, 5.41) is 2.85. The van der Waals surface area contributed by atoms with Crippen molar-refractivity contribution < 1.29 is 27.5 Å². The molecule has 0 aliphatic heterocycles. The molecule has 2 aromatic carbocycles. The first-order valence-corrected chi connectivity index (χ1v) is 8.35. The van der Waals surface area contributed by atoms with Gasteiger partial charge in [-0.15, -0.1) is 0 Å². The lowest BCUT2D eigenvalue weighted by Gasteiger charge is -2.10. The molecule has 1 heterocycles. The molecule has 0 aliphatic rings. The number of para-hydroxylation sites is 1. The number of benzene rings is 2. The highest BCUT2D eigenvalue weighted by atomic mass is 19.4. The van der Waals surface area contributed by atoms with E-state index in [2.05, 4.69) is 5.32 Å². The number of amides is 1. The van der Waals surface area contributed by atoms with E-state index in [1.54, 1.807) is 42.5 Å². The predicted octanol–water partition coefficient (Wildman–Crippen LogP) is 4.34. The molecule has 5 nitrogen and oxygen atoms in total. The van der Waals surface area contributed by atoms with Gasteiger partial charge in [-0.2, -0.15) is 13.2 Å². The van der Waals surface area contributed by atoms with Crippen LogP contribution in [0.4, 0.5) is 18.9 Å². The van der Waals surface area contributed by atoms with Crippen LogP contribution in [0.2, 0.25) is 0 Å². The SMILES string of the molecule is COc1ccc(NC(=O)Cn2c(C)c(C(=O)C(F)(F)F)c3ccccc32)cc1. The zero-order chi connectivity index (χ0) is 20.5. The van der Waals surface area contributed by atoms with Crippen molar-refractivity contribution in [3.05, 3.63) is 59.8 Å². The minimum Gasteiger partial charge on any atom is -0.497 e. The molecular formula is C20H17F3N2O3. The second-order valence-corrected chi connectivity index (χ2v) is 6.17. The lowest BCUT2D eigenvalue weighted by molar-refractivity contribution is -0.116. The van der Waals surface area contributed by atoms with Crippen LogP contribution in [0.25, 0.3) is 10.9 Å². The van der Waals surface area contributed by atoms with Crippen molar-refractivity contribution in [1.29, 1.82) is 0 Å². The summed E-state index contributed by atoms with van der Waals surface area (Å²) >= 11 is 0. The molecule has 0 aliphatic carbocycles. The van der Waals surface area contributed by atoms with E-state index in [0.717, 1.165) is 0 Å². The number of ether oxygens (including phenoxy) is 1. The number of ketones is 1. The highest BCUT2D eigenvalue weighted by Gasteiger charge is 2.42. The molecule has 1 N–H and O–H groups in total. The maximum Gasteiger partial charge on any atom is 0.454 e. The number of halogens is 3. The van der Waals surface area contributed by atoms with Crippen molar-refractivity contribution in [3.8, 4) is 5.75 Å². The standard InChI is InChI=1S/C20H17F3N2O3/c1-12-18(19(27)20(21,22)23)15-5-3-4-6-16(15)25(12)11-17(26)24-13-7-9-14(28-2)10-8-13/h3-10H,11H2,1-2H3,(H,24,26). The van der Waals surface area contributed by atoms with Gasteiger partial charge in [0.1, 0.15) is 12.3 Å². The van der Waals surface area contributed by atoms with Crippen LogP contribution in [-0.2, 0) is 11.3 Å². The molecule has 0 radical (unpaired) electrons. The van der Waals surface area contributed by atoms with E-state index in [0.29, 0.717) is 17.0 Å². The monoisotopic (exact) mass is 390 g/mol. The molecule has 3 rings (SSSR count). The molecule has 8 heteroatoms. The summed E-state index contributed by atoms with van der Waals surface area (Å²) in [5.41, 5.74) is 0.567. The minimum absolute atomic E-state index is 0.0911. The average Bonchev–Trinajstić information content (AvgIpc) is 2.93. The minimum atomic E-state index is -4.99. The second kappa shape index (κ2) is 7.38. The molecule has 1 aromatic heterocycles. The number of carbonyl (C=O) groups excluding carboxylic acids is 2. The van der Waals surface area contributed by atoms with Gasteiger partial charge in [0, 0.05) is 22.3 Å². The Kier molecular flexibility index (Phi) is 5.13. The number of anilines is 1. The van der Waals surface area contributed by atoms with Gasteiger partial charge in [0.25, 0.3) is 5.78 Å². The third-order valence-corrected chi connectivity index (χ3v) is 4.39. The predicted molar refractivity (Wildman–Crippen MR) is 98.7 cm³/mol. The summed E-state index contributed by atoms with van der Waals surface area (Å²) in [7, 11) is 1.52. The third-order valence-electron chi connectivity index (χ3n) is 4.39. The summed E-state index contributed by atoms with van der Waals surface area (Å²) < 4.78 is 45.5. The second-order valence-electron chi connectivity index (χ2n) is 6.17. The quantitative estimate of drug-likeness (QED) is 0.660. The van der Waals surface area contributed by atoms with Crippen LogP contribution in [0.5, 0.6) is 5.75 Å². The fourth-order valence-corrected chi connectivity index (χ4v) is 3.08. The van der Waals surface area contributed by atoms with Crippen molar-refractivity contribution in [3.63, 3.8) is 0 Å². The van der Waals surface area contributed by atoms with Crippen molar-refractivity contribution in [2.75, 3.05) is 12.4 Å². The molecule has 0 saturated heterocycles. The van der Waals surface area contributed by atoms with E-state index in [1.807, 2.05) is 0 Å². The van der Waals surface area contributed by atoms with Gasteiger partial charge < -0.3 is 14.6 Å². The fourth-order valence-electron chi connectivity index (χ4n) is 3.08. The van der Waals surface area contributed by atoms with E-state index in [1.165, 1.54) is 24.7 Å². The number of carbonyl (C=O) groups is 2. The molecular weight excluding hydrogens is 373 g/mol. The first kappa shape index (κ1) is 19.5. The van der Waals surface area contributed by atoms with Crippen molar-refractivity contribution in [2.45, 2.75) is 19.6 Å². The molecule has 1 amide bonds. The highest BCUT2D eigenvalue weighted by Crippen LogP contribution is 2.31. The van der Waals surface area contributed by atoms with Crippen molar-refractivity contribution >= 4 is 28.3 Å². The molecule has 3 aromatic rings. The summed E-state index contributed by atoms with van der Waals surface area (Å²) in [6.07, 6.45) is -4.99. The first-order chi connectivity index (χ1) is 13.2. The van der Waals surface area contributed by atoms with Crippen LogP contribution >= 0.6 is 0 Å². The van der Waals surface area contributed by atoms with E-state index >= 15 is 0 Å². The number of alkyl halides is 3. The smallest absolute Gasteiger partial charge is 0.454 e. The molecule has 28 heavy (non-hydrogen) atoms. The van der Waals surface area contributed by atoms with Crippen LogP contribution in [0.3, 0.4) is 0 Å². The van der Waals surface area contributed by atoms with Gasteiger partial charge in [-0.05, 0) is 37.3 Å². The van der Waals surface area contributed by atoms with Gasteiger partial charge in [-0.25, -0.2) is 0 Å². The van der Waals surface area contributed by atoms with Crippen LogP contribution in [-0.4, -0.2) is 29.5 Å². The van der Waals surface area contributed by atoms with Crippen LogP contribution in [0.15, 0.2) is 48.5 Å². The number of hydrogen-bond acceptors (Lipinski definition) is 3. The van der Waals surface area contributed by atoms with Crippen LogP contribution < -0.4 is 10.1 Å². The van der Waals surface area contributed by atoms with Gasteiger partial charge in [0.2, 0.25) is 5.91 Å². The topological polar surface area (TPSA) is 60.3 Å². The molecule has 0 spiro atoms. The van der Waals surface area contributed by atoms with Gasteiger partial charge in [-0.1, -0.05) is 18.2 Å². The molecule has 146 valence electrons. The van der Waals surface area contributed by atoms with Crippen molar-refractivity contribution in [1.82, 2.24) is 4.57 Å². The number of hydrogen-bond donors (Lipinski definition) is 1. The molecule has 0 atom stereocenters. The average molecular weight is 390 g/mol. The van der Waals surface area contributed by atoms with E-state index in [9.17, 15) is 22.8 Å². The first-order valence-electron chi connectivity index (χ1n) is 8.35. The van der Waals surface area contributed by atoms with E-state index in [4.69, 9.17) is 4.74 Å². The highest BCUT2D eigenvalue weighted by molar-refractivity contribution is 6.12. The maximum atomic E-state index is 13.0. The summed E-state index contributed by atoms with van der Waals surface area (Å²) in [5.74, 6) is -1.73. The van der Waals surface area contributed by atoms with Crippen LogP contribution in [0.1, 0.15) is 16.1 Å². The van der Waals surface area contributed by atoms with Gasteiger partial charge in [0.05, 0.1) is 12.7 Å². The number of nitrogens with zero attached hydrogens (tertiary/aromatic N) is 1. The van der Waals surface area contributed by atoms with E-state index < -0.39 is 23.4 Å². The molecule has 0 saturated carbocycles. The number of fused-ring (bicyclic) bond motifs is 1. The lowest BCUT2D eigenvalue weighted by Crippen LogP contribution is -2.24. The maximum absolute atomic E-state index is 13.0. The molecule has 0 unspecified atom stereocenters. The normalized spacial score (nSPS) is 11.5. The van der Waals surface area contributed by atoms with Gasteiger partial charge in [0.15, 0.2) is 0 Å². The number of nitrogens with one attached hydrogen (secondary N) is 1. The Morgan fingerprint density at radius 3 is 2.32 bits per heavy atom. The largest absolute Gasteiger partial charge is 0.497 e. The fraction of sp³-hybridized carbons (Fsp3) is 0.200. The Morgan fingerprint density at radius 2 is 1.71 bits per heavy atom. The number of rotatable bonds is 5. The summed E-state index contributed by atoms with van der Waals surface area (Å²) in [6, 6.07) is 12.9. The number of methoxy groups -OCH3 is 1. The van der Waals surface area contributed by atoms with Crippen LogP contribution in [0, 0.1) is 6.92 Å². The zero-order valence-electron chi connectivity index (χ0n) is 15.1. The summed E-state index contributed by atoms with van der Waals surface area (Å²) in [4.78, 5) is 24.3. The number of aromatic nitrogens is 1. The van der Waals surface area contributed by atoms with E-state index in [-0.39, 0.29) is 17.6 Å². The Hall–Kier alpha value is -3.29. The molecule has 0 fully saturated rings.